The Morgan fingerprint density at radius 1 is 1.10 bits per heavy atom. The number of hydrogen-bond donors (Lipinski definition) is 1. The van der Waals surface area contributed by atoms with Gasteiger partial charge < -0.3 is 10.2 Å². The van der Waals surface area contributed by atoms with Crippen molar-refractivity contribution in [1.29, 1.82) is 0 Å². The average molecular weight is 288 g/mol. The minimum atomic E-state index is 0.000433. The molecule has 0 unspecified atom stereocenters. The van der Waals surface area contributed by atoms with Crippen LogP contribution in [-0.4, -0.2) is 24.9 Å². The van der Waals surface area contributed by atoms with Crippen LogP contribution in [0.1, 0.15) is 25.7 Å². The number of thiophene rings is 1. The summed E-state index contributed by atoms with van der Waals surface area (Å²) in [6.45, 7) is 3.50. The van der Waals surface area contributed by atoms with Gasteiger partial charge in [-0.05, 0) is 44.3 Å². The van der Waals surface area contributed by atoms with Gasteiger partial charge in [-0.15, -0.1) is 11.3 Å². The van der Waals surface area contributed by atoms with E-state index in [9.17, 15) is 4.79 Å². The Kier molecular flexibility index (Phi) is 4.93. The van der Waals surface area contributed by atoms with E-state index in [-0.39, 0.29) is 5.91 Å². The highest BCUT2D eigenvalue weighted by Crippen LogP contribution is 2.15. The molecule has 106 valence electrons. The molecule has 1 N–H and O–H groups in total. The van der Waals surface area contributed by atoms with E-state index in [0.717, 1.165) is 21.9 Å². The van der Waals surface area contributed by atoms with E-state index in [1.807, 2.05) is 19.1 Å². The molecule has 2 aromatic rings. The average Bonchev–Trinajstić information content (AvgIpc) is 2.84. The zero-order valence-electron chi connectivity index (χ0n) is 12.1. The second-order valence-electron chi connectivity index (χ2n) is 5.15. The second-order valence-corrected chi connectivity index (χ2v) is 6.44. The van der Waals surface area contributed by atoms with Gasteiger partial charge in [-0.2, -0.15) is 0 Å². The third kappa shape index (κ3) is 4.18. The molecule has 0 saturated heterocycles. The van der Waals surface area contributed by atoms with Crippen LogP contribution in [0, 0.1) is 6.92 Å². The van der Waals surface area contributed by atoms with Crippen LogP contribution < -0.4 is 5.32 Å². The first-order valence-corrected chi connectivity index (χ1v) is 7.43. The predicted molar refractivity (Wildman–Crippen MR) is 84.1 cm³/mol. The number of nitrogens with one attached hydrogen (secondary N) is 1. The standard InChI is InChI=1S/C16H20N2OS/c1-12-4-9-15(20-12)16(19)17-10-13-5-7-14(8-6-13)11-18(2)3/h4-9H,10-11H2,1-3H3,(H,17,19). The van der Waals surface area contributed by atoms with Crippen molar-refractivity contribution in [3.63, 3.8) is 0 Å². The lowest BCUT2D eigenvalue weighted by atomic mass is 10.1. The number of amides is 1. The SMILES string of the molecule is Cc1ccc(C(=O)NCc2ccc(CN(C)C)cc2)s1. The van der Waals surface area contributed by atoms with Gasteiger partial charge in [0.2, 0.25) is 0 Å². The summed E-state index contributed by atoms with van der Waals surface area (Å²) in [5.74, 6) is 0.000433. The van der Waals surface area contributed by atoms with Crippen LogP contribution in [0.5, 0.6) is 0 Å². The topological polar surface area (TPSA) is 32.3 Å². The Bertz CT molecular complexity index is 572. The second kappa shape index (κ2) is 6.68. The van der Waals surface area contributed by atoms with Crippen LogP contribution >= 0.6 is 11.3 Å². The minimum absolute atomic E-state index is 0.000433. The normalized spacial score (nSPS) is 10.8. The van der Waals surface area contributed by atoms with E-state index in [4.69, 9.17) is 0 Å². The molecule has 0 bridgehead atoms. The van der Waals surface area contributed by atoms with Gasteiger partial charge in [0, 0.05) is 18.0 Å². The summed E-state index contributed by atoms with van der Waals surface area (Å²) in [5, 5.41) is 2.95. The van der Waals surface area contributed by atoms with Crippen molar-refractivity contribution >= 4 is 17.2 Å². The van der Waals surface area contributed by atoms with E-state index in [2.05, 4.69) is 48.6 Å². The highest BCUT2D eigenvalue weighted by Gasteiger charge is 2.07. The van der Waals surface area contributed by atoms with Crippen molar-refractivity contribution in [1.82, 2.24) is 10.2 Å². The third-order valence-corrected chi connectivity index (χ3v) is 3.94. The molecule has 0 fully saturated rings. The molecule has 0 saturated carbocycles. The number of carbonyl (C=O) groups excluding carboxylic acids is 1. The Balaban J connectivity index is 1.89. The molecule has 0 atom stereocenters. The number of hydrogen-bond acceptors (Lipinski definition) is 3. The maximum Gasteiger partial charge on any atom is 0.261 e. The van der Waals surface area contributed by atoms with E-state index >= 15 is 0 Å². The number of benzene rings is 1. The van der Waals surface area contributed by atoms with E-state index in [0.29, 0.717) is 6.54 Å². The smallest absolute Gasteiger partial charge is 0.261 e. The van der Waals surface area contributed by atoms with Crippen molar-refractivity contribution in [2.45, 2.75) is 20.0 Å². The Morgan fingerprint density at radius 3 is 2.30 bits per heavy atom. The van der Waals surface area contributed by atoms with Crippen molar-refractivity contribution in [2.24, 2.45) is 0 Å². The maximum atomic E-state index is 11.9. The molecule has 0 radical (unpaired) electrons. The van der Waals surface area contributed by atoms with Crippen LogP contribution in [0.2, 0.25) is 0 Å². The molecule has 1 aromatic carbocycles. The third-order valence-electron chi connectivity index (χ3n) is 2.94. The zero-order chi connectivity index (χ0) is 14.5. The van der Waals surface area contributed by atoms with Crippen molar-refractivity contribution in [3.8, 4) is 0 Å². The van der Waals surface area contributed by atoms with Gasteiger partial charge in [-0.3, -0.25) is 4.79 Å². The summed E-state index contributed by atoms with van der Waals surface area (Å²) in [6.07, 6.45) is 0. The van der Waals surface area contributed by atoms with Crippen molar-refractivity contribution < 1.29 is 4.79 Å². The first kappa shape index (κ1) is 14.8. The molecule has 0 spiro atoms. The monoisotopic (exact) mass is 288 g/mol. The van der Waals surface area contributed by atoms with E-state index in [1.54, 1.807) is 0 Å². The van der Waals surface area contributed by atoms with Gasteiger partial charge >= 0.3 is 0 Å². The Labute approximate surface area is 124 Å². The maximum absolute atomic E-state index is 11.9. The lowest BCUT2D eigenvalue weighted by Gasteiger charge is -2.10. The van der Waals surface area contributed by atoms with Crippen LogP contribution in [0.3, 0.4) is 0 Å². The minimum Gasteiger partial charge on any atom is -0.347 e. The van der Waals surface area contributed by atoms with Gasteiger partial charge in [0.25, 0.3) is 5.91 Å². The van der Waals surface area contributed by atoms with E-state index < -0.39 is 0 Å². The molecule has 20 heavy (non-hydrogen) atoms. The largest absolute Gasteiger partial charge is 0.347 e. The zero-order valence-corrected chi connectivity index (χ0v) is 13.0. The van der Waals surface area contributed by atoms with Gasteiger partial charge in [-0.1, -0.05) is 24.3 Å². The number of carbonyl (C=O) groups is 1. The van der Waals surface area contributed by atoms with Gasteiger partial charge in [0.15, 0.2) is 0 Å². The molecule has 0 aliphatic carbocycles. The van der Waals surface area contributed by atoms with Crippen LogP contribution in [0.4, 0.5) is 0 Å². The molecule has 4 heteroatoms. The highest BCUT2D eigenvalue weighted by molar-refractivity contribution is 7.13. The lowest BCUT2D eigenvalue weighted by Crippen LogP contribution is -2.21. The molecule has 3 nitrogen and oxygen atoms in total. The summed E-state index contributed by atoms with van der Waals surface area (Å²) in [7, 11) is 4.11. The van der Waals surface area contributed by atoms with Gasteiger partial charge in [-0.25, -0.2) is 0 Å². The van der Waals surface area contributed by atoms with Crippen LogP contribution in [-0.2, 0) is 13.1 Å². The molecular weight excluding hydrogens is 268 g/mol. The number of rotatable bonds is 5. The fourth-order valence-corrected chi connectivity index (χ4v) is 2.74. The van der Waals surface area contributed by atoms with Crippen molar-refractivity contribution in [2.75, 3.05) is 14.1 Å². The summed E-state index contributed by atoms with van der Waals surface area (Å²) < 4.78 is 0. The van der Waals surface area contributed by atoms with Crippen molar-refractivity contribution in [3.05, 3.63) is 57.3 Å². The Morgan fingerprint density at radius 2 is 1.75 bits per heavy atom. The number of nitrogens with zero attached hydrogens (tertiary/aromatic N) is 1. The molecule has 1 aromatic heterocycles. The summed E-state index contributed by atoms with van der Waals surface area (Å²) in [4.78, 5) is 16.0. The summed E-state index contributed by atoms with van der Waals surface area (Å²) >= 11 is 1.52. The highest BCUT2D eigenvalue weighted by atomic mass is 32.1. The van der Waals surface area contributed by atoms with Crippen LogP contribution in [0.15, 0.2) is 36.4 Å². The fraction of sp³-hybridized carbons (Fsp3) is 0.312. The predicted octanol–water partition coefficient (Wildman–Crippen LogP) is 3.05. The molecule has 0 aliphatic heterocycles. The molecule has 2 rings (SSSR count). The number of aryl methyl sites for hydroxylation is 1. The molecule has 0 aliphatic rings. The lowest BCUT2D eigenvalue weighted by molar-refractivity contribution is 0.0955. The fourth-order valence-electron chi connectivity index (χ4n) is 1.95. The van der Waals surface area contributed by atoms with E-state index in [1.165, 1.54) is 16.9 Å². The molecule has 1 heterocycles. The van der Waals surface area contributed by atoms with Crippen LogP contribution in [0.25, 0.3) is 0 Å². The first-order valence-electron chi connectivity index (χ1n) is 6.62. The van der Waals surface area contributed by atoms with Gasteiger partial charge in [0.1, 0.15) is 0 Å². The summed E-state index contributed by atoms with van der Waals surface area (Å²) in [5.41, 5.74) is 2.40. The molecule has 1 amide bonds. The molecular formula is C16H20N2OS. The summed E-state index contributed by atoms with van der Waals surface area (Å²) in [6, 6.07) is 12.2. The quantitative estimate of drug-likeness (QED) is 0.917. The van der Waals surface area contributed by atoms with Gasteiger partial charge in [0.05, 0.1) is 4.88 Å². The first-order chi connectivity index (χ1) is 9.54. The Hall–Kier alpha value is -1.65.